The van der Waals surface area contributed by atoms with E-state index in [-0.39, 0.29) is 11.8 Å². The Labute approximate surface area is 159 Å². The molecule has 1 saturated heterocycles. The Kier molecular flexibility index (Phi) is 6.99. The Bertz CT molecular complexity index is 708. The average Bonchev–Trinajstić information content (AvgIpc) is 2.63. The van der Waals surface area contributed by atoms with E-state index in [1.807, 2.05) is 4.90 Å². The number of ether oxygens (including phenoxy) is 1. The number of carbonyl (C=O) groups excluding carboxylic acids is 2. The fourth-order valence-electron chi connectivity index (χ4n) is 2.93. The molecule has 8 heteroatoms. The summed E-state index contributed by atoms with van der Waals surface area (Å²) in [5.74, 6) is 0.401. The van der Waals surface area contributed by atoms with Crippen LogP contribution in [0.4, 0.5) is 10.6 Å². The van der Waals surface area contributed by atoms with Gasteiger partial charge < -0.3 is 20.3 Å². The van der Waals surface area contributed by atoms with E-state index in [1.165, 1.54) is 0 Å². The van der Waals surface area contributed by atoms with E-state index >= 15 is 0 Å². The third-order valence-electron chi connectivity index (χ3n) is 4.09. The van der Waals surface area contributed by atoms with Gasteiger partial charge in [-0.25, -0.2) is 9.78 Å². The van der Waals surface area contributed by atoms with Crippen molar-refractivity contribution in [3.8, 4) is 6.07 Å². The van der Waals surface area contributed by atoms with Gasteiger partial charge in [-0.15, -0.1) is 0 Å². The van der Waals surface area contributed by atoms with Crippen molar-refractivity contribution >= 4 is 17.8 Å². The van der Waals surface area contributed by atoms with Crippen LogP contribution in [0.3, 0.4) is 0 Å². The average molecular weight is 373 g/mol. The van der Waals surface area contributed by atoms with E-state index in [9.17, 15) is 14.9 Å². The van der Waals surface area contributed by atoms with E-state index in [2.05, 4.69) is 21.7 Å². The molecule has 0 bridgehead atoms. The van der Waals surface area contributed by atoms with Gasteiger partial charge in [0.15, 0.2) is 0 Å². The number of alkyl carbamates (subject to hydrolysis) is 1. The van der Waals surface area contributed by atoms with Gasteiger partial charge in [0.2, 0.25) is 5.91 Å². The molecule has 8 nitrogen and oxygen atoms in total. The predicted octanol–water partition coefficient (Wildman–Crippen LogP) is 1.81. The van der Waals surface area contributed by atoms with Gasteiger partial charge in [0.25, 0.3) is 0 Å². The fourth-order valence-corrected chi connectivity index (χ4v) is 2.93. The quantitative estimate of drug-likeness (QED) is 0.762. The summed E-state index contributed by atoms with van der Waals surface area (Å²) in [6.07, 6.45) is 2.80. The smallest absolute Gasteiger partial charge is 0.407 e. The van der Waals surface area contributed by atoms with Crippen molar-refractivity contribution < 1.29 is 14.3 Å². The van der Waals surface area contributed by atoms with Crippen molar-refractivity contribution in [2.24, 2.45) is 5.92 Å². The SMILES string of the molecule is CC(C)(C)OC(=O)NCCNC(=O)[C@H]1CCCN(c2ncccc2C#N)C1. The Balaban J connectivity index is 1.80. The van der Waals surface area contributed by atoms with Gasteiger partial charge >= 0.3 is 6.09 Å². The highest BCUT2D eigenvalue weighted by Gasteiger charge is 2.27. The van der Waals surface area contributed by atoms with Crippen LogP contribution in [-0.4, -0.2) is 48.8 Å². The number of hydrogen-bond donors (Lipinski definition) is 2. The lowest BCUT2D eigenvalue weighted by molar-refractivity contribution is -0.125. The summed E-state index contributed by atoms with van der Waals surface area (Å²) in [6.45, 7) is 7.32. The van der Waals surface area contributed by atoms with Crippen LogP contribution >= 0.6 is 0 Å². The van der Waals surface area contributed by atoms with E-state index in [0.29, 0.717) is 31.0 Å². The van der Waals surface area contributed by atoms with Crippen molar-refractivity contribution in [1.82, 2.24) is 15.6 Å². The second kappa shape index (κ2) is 9.21. The molecule has 1 aromatic rings. The van der Waals surface area contributed by atoms with Crippen molar-refractivity contribution in [3.63, 3.8) is 0 Å². The molecule has 0 unspecified atom stereocenters. The number of hydrogen-bond acceptors (Lipinski definition) is 6. The molecule has 2 rings (SSSR count). The van der Waals surface area contributed by atoms with Gasteiger partial charge in [0, 0.05) is 32.4 Å². The number of anilines is 1. The number of nitriles is 1. The Hall–Kier alpha value is -2.82. The molecule has 0 radical (unpaired) electrons. The lowest BCUT2D eigenvalue weighted by Crippen LogP contribution is -2.45. The summed E-state index contributed by atoms with van der Waals surface area (Å²) < 4.78 is 5.14. The first-order valence-electron chi connectivity index (χ1n) is 9.15. The molecule has 2 N–H and O–H groups in total. The van der Waals surface area contributed by atoms with Crippen LogP contribution in [-0.2, 0) is 9.53 Å². The minimum atomic E-state index is -0.549. The monoisotopic (exact) mass is 373 g/mol. The maximum Gasteiger partial charge on any atom is 0.407 e. The summed E-state index contributed by atoms with van der Waals surface area (Å²) in [6, 6.07) is 5.61. The fraction of sp³-hybridized carbons (Fsp3) is 0.579. The molecule has 0 saturated carbocycles. The van der Waals surface area contributed by atoms with E-state index in [1.54, 1.807) is 39.1 Å². The number of nitrogens with one attached hydrogen (secondary N) is 2. The van der Waals surface area contributed by atoms with Crippen molar-refractivity contribution in [2.45, 2.75) is 39.2 Å². The van der Waals surface area contributed by atoms with Crippen LogP contribution < -0.4 is 15.5 Å². The van der Waals surface area contributed by atoms with Gasteiger partial charge in [-0.1, -0.05) is 0 Å². The molecule has 1 atom stereocenters. The number of piperidine rings is 1. The zero-order valence-corrected chi connectivity index (χ0v) is 16.1. The Morgan fingerprint density at radius 1 is 1.37 bits per heavy atom. The molecule has 2 amide bonds. The minimum absolute atomic E-state index is 0.0554. The molecule has 0 spiro atoms. The summed E-state index contributed by atoms with van der Waals surface area (Å²) >= 11 is 0. The third kappa shape index (κ3) is 6.44. The van der Waals surface area contributed by atoms with Gasteiger partial charge in [-0.05, 0) is 45.7 Å². The maximum absolute atomic E-state index is 12.4. The third-order valence-corrected chi connectivity index (χ3v) is 4.09. The Morgan fingerprint density at radius 2 is 2.11 bits per heavy atom. The summed E-state index contributed by atoms with van der Waals surface area (Å²) in [4.78, 5) is 30.3. The van der Waals surface area contributed by atoms with E-state index < -0.39 is 11.7 Å². The largest absolute Gasteiger partial charge is 0.444 e. The van der Waals surface area contributed by atoms with Gasteiger partial charge in [0.1, 0.15) is 17.5 Å². The van der Waals surface area contributed by atoms with Crippen LogP contribution in [0.1, 0.15) is 39.2 Å². The van der Waals surface area contributed by atoms with Crippen LogP contribution in [0.15, 0.2) is 18.3 Å². The molecule has 1 fully saturated rings. The Morgan fingerprint density at radius 3 is 2.81 bits per heavy atom. The van der Waals surface area contributed by atoms with Crippen LogP contribution in [0, 0.1) is 17.2 Å². The first-order chi connectivity index (χ1) is 12.8. The van der Waals surface area contributed by atoms with Crippen LogP contribution in [0.25, 0.3) is 0 Å². The van der Waals surface area contributed by atoms with Crippen molar-refractivity contribution in [2.75, 3.05) is 31.1 Å². The first-order valence-corrected chi connectivity index (χ1v) is 9.15. The molecule has 1 aliphatic heterocycles. The van der Waals surface area contributed by atoms with Crippen LogP contribution in [0.5, 0.6) is 0 Å². The summed E-state index contributed by atoms with van der Waals surface area (Å²) in [7, 11) is 0. The second-order valence-corrected chi connectivity index (χ2v) is 7.49. The zero-order chi connectivity index (χ0) is 19.9. The highest BCUT2D eigenvalue weighted by molar-refractivity contribution is 5.79. The standard InChI is InChI=1S/C19H27N5O3/c1-19(2,3)27-18(26)23-10-9-22-17(25)15-7-5-11-24(13-15)16-14(12-20)6-4-8-21-16/h4,6,8,15H,5,7,9-11,13H2,1-3H3,(H,22,25)(H,23,26)/t15-/m0/s1. The summed E-state index contributed by atoms with van der Waals surface area (Å²) in [5, 5.41) is 14.7. The normalized spacial score (nSPS) is 17.0. The topological polar surface area (TPSA) is 107 Å². The summed E-state index contributed by atoms with van der Waals surface area (Å²) in [5.41, 5.74) is -0.0350. The zero-order valence-electron chi connectivity index (χ0n) is 16.1. The molecular weight excluding hydrogens is 346 g/mol. The highest BCUT2D eigenvalue weighted by atomic mass is 16.6. The number of aromatic nitrogens is 1. The van der Waals surface area contributed by atoms with Gasteiger partial charge in [-0.2, -0.15) is 5.26 Å². The van der Waals surface area contributed by atoms with Crippen molar-refractivity contribution in [1.29, 1.82) is 5.26 Å². The molecule has 27 heavy (non-hydrogen) atoms. The number of carbonyl (C=O) groups is 2. The molecule has 1 aliphatic rings. The number of rotatable bonds is 5. The van der Waals surface area contributed by atoms with E-state index in [4.69, 9.17) is 4.74 Å². The second-order valence-electron chi connectivity index (χ2n) is 7.49. The number of nitrogens with zero attached hydrogens (tertiary/aromatic N) is 3. The lowest BCUT2D eigenvalue weighted by atomic mass is 9.97. The molecule has 0 aromatic carbocycles. The van der Waals surface area contributed by atoms with Gasteiger partial charge in [-0.3, -0.25) is 4.79 Å². The molecule has 0 aliphatic carbocycles. The highest BCUT2D eigenvalue weighted by Crippen LogP contribution is 2.24. The molecule has 2 heterocycles. The molecular formula is C19H27N5O3. The first kappa shape index (κ1) is 20.5. The lowest BCUT2D eigenvalue weighted by Gasteiger charge is -2.33. The van der Waals surface area contributed by atoms with Crippen LogP contribution in [0.2, 0.25) is 0 Å². The molecule has 1 aromatic heterocycles. The molecule has 146 valence electrons. The van der Waals surface area contributed by atoms with Crippen molar-refractivity contribution in [3.05, 3.63) is 23.9 Å². The van der Waals surface area contributed by atoms with Gasteiger partial charge in [0.05, 0.1) is 11.5 Å². The number of amides is 2. The maximum atomic E-state index is 12.4. The number of pyridine rings is 1. The van der Waals surface area contributed by atoms with E-state index in [0.717, 1.165) is 19.4 Å². The predicted molar refractivity (Wildman–Crippen MR) is 101 cm³/mol. The minimum Gasteiger partial charge on any atom is -0.444 e.